The third kappa shape index (κ3) is 8.16. The topological polar surface area (TPSA) is 135 Å². The summed E-state index contributed by atoms with van der Waals surface area (Å²) in [6.45, 7) is -0.118. The maximum absolute atomic E-state index is 13.2. The molecule has 3 aromatic carbocycles. The van der Waals surface area contributed by atoms with Gasteiger partial charge in [0.15, 0.2) is 5.75 Å². The lowest BCUT2D eigenvalue weighted by Crippen LogP contribution is -2.41. The Morgan fingerprint density at radius 3 is 2.47 bits per heavy atom. The summed E-state index contributed by atoms with van der Waals surface area (Å²) in [6, 6.07) is 14.1. The van der Waals surface area contributed by atoms with E-state index in [0.717, 1.165) is 5.56 Å². The molecule has 0 fully saturated rings. The molecule has 0 saturated heterocycles. The second kappa shape index (κ2) is 14.2. The molecule has 0 unspecified atom stereocenters. The molecule has 0 bridgehead atoms. The molecule has 0 saturated carbocycles. The van der Waals surface area contributed by atoms with E-state index >= 15 is 0 Å². The zero-order valence-electron chi connectivity index (χ0n) is 23.7. The summed E-state index contributed by atoms with van der Waals surface area (Å²) in [7, 11) is 4.89. The van der Waals surface area contributed by atoms with Crippen molar-refractivity contribution in [1.82, 2.24) is 5.32 Å². The van der Waals surface area contributed by atoms with Crippen LogP contribution in [0, 0.1) is 0 Å². The molecule has 4 rings (SSSR count). The van der Waals surface area contributed by atoms with Crippen LogP contribution in [0.4, 0.5) is 17.1 Å². The number of rotatable bonds is 11. The number of methoxy groups -OCH3 is 1. The van der Waals surface area contributed by atoms with E-state index in [1.807, 2.05) is 25.1 Å². The van der Waals surface area contributed by atoms with Crippen molar-refractivity contribution in [3.05, 3.63) is 75.8 Å². The van der Waals surface area contributed by atoms with E-state index < -0.39 is 29.7 Å². The van der Waals surface area contributed by atoms with Gasteiger partial charge in [-0.05, 0) is 48.4 Å². The predicted octanol–water partition coefficient (Wildman–Crippen LogP) is 5.01. The molecule has 11 nitrogen and oxygen atoms in total. The molecule has 13 heteroatoms. The van der Waals surface area contributed by atoms with E-state index in [9.17, 15) is 19.2 Å². The van der Waals surface area contributed by atoms with Crippen LogP contribution in [0.5, 0.6) is 11.5 Å². The summed E-state index contributed by atoms with van der Waals surface area (Å²) in [6.07, 6.45) is -0.0410. The number of carbonyl (C=O) groups is 4. The average Bonchev–Trinajstić information content (AvgIpc) is 3.08. The van der Waals surface area contributed by atoms with Crippen molar-refractivity contribution < 1.29 is 33.4 Å². The van der Waals surface area contributed by atoms with Crippen LogP contribution < -0.4 is 25.6 Å². The summed E-state index contributed by atoms with van der Waals surface area (Å²) in [4.78, 5) is 52.5. The maximum Gasteiger partial charge on any atom is 0.305 e. The summed E-state index contributed by atoms with van der Waals surface area (Å²) in [5.74, 6) is -1.76. The van der Waals surface area contributed by atoms with E-state index in [1.54, 1.807) is 36.4 Å². The first-order valence-corrected chi connectivity index (χ1v) is 13.9. The molecule has 0 spiro atoms. The van der Waals surface area contributed by atoms with Gasteiger partial charge in [-0.3, -0.25) is 19.2 Å². The lowest BCUT2D eigenvalue weighted by molar-refractivity contribution is -0.140. The largest absolute Gasteiger partial charge is 0.469 e. The number of anilines is 3. The molecule has 1 heterocycles. The first-order chi connectivity index (χ1) is 20.5. The highest BCUT2D eigenvalue weighted by Gasteiger charge is 2.30. The highest BCUT2D eigenvalue weighted by molar-refractivity contribution is 6.34. The van der Waals surface area contributed by atoms with Gasteiger partial charge in [-0.15, -0.1) is 0 Å². The number of carbonyl (C=O) groups excluding carboxylic acids is 4. The number of fused-ring (bicyclic) bond motifs is 1. The van der Waals surface area contributed by atoms with Gasteiger partial charge in [0.05, 0.1) is 36.3 Å². The van der Waals surface area contributed by atoms with E-state index in [1.165, 1.54) is 19.2 Å². The zero-order valence-corrected chi connectivity index (χ0v) is 25.2. The van der Waals surface area contributed by atoms with E-state index in [0.29, 0.717) is 15.7 Å². The first-order valence-electron chi connectivity index (χ1n) is 13.2. The minimum Gasteiger partial charge on any atom is -0.469 e. The molecular formula is C30H30Cl2N4O7. The Morgan fingerprint density at radius 1 is 1.02 bits per heavy atom. The van der Waals surface area contributed by atoms with Crippen LogP contribution in [0.15, 0.2) is 54.6 Å². The Bertz CT molecular complexity index is 1530. The van der Waals surface area contributed by atoms with Gasteiger partial charge in [0.2, 0.25) is 11.8 Å². The SMILES string of the molecule is COC(=O)CC[C@H]1NC(=O)c2cc(Oc3cccc(N(C)C)c3Cl)c(NC(=O)COCc3ccc(Cl)cc3)cc2NC1=O. The van der Waals surface area contributed by atoms with Crippen LogP contribution in [-0.4, -0.2) is 57.5 Å². The average molecular weight is 629 g/mol. The molecular weight excluding hydrogens is 599 g/mol. The number of benzene rings is 3. The van der Waals surface area contributed by atoms with Gasteiger partial charge >= 0.3 is 5.97 Å². The lowest BCUT2D eigenvalue weighted by Gasteiger charge is -2.19. The molecule has 1 atom stereocenters. The van der Waals surface area contributed by atoms with Gasteiger partial charge in [0, 0.05) is 25.5 Å². The molecule has 1 aliphatic heterocycles. The number of hydrogen-bond donors (Lipinski definition) is 3. The van der Waals surface area contributed by atoms with E-state index in [2.05, 4.69) is 20.7 Å². The second-order valence-electron chi connectivity index (χ2n) is 9.78. The summed E-state index contributed by atoms with van der Waals surface area (Å²) in [5, 5.41) is 8.97. The van der Waals surface area contributed by atoms with Crippen LogP contribution in [-0.2, 0) is 30.5 Å². The zero-order chi connectivity index (χ0) is 31.1. The van der Waals surface area contributed by atoms with Crippen LogP contribution in [0.1, 0.15) is 28.8 Å². The molecule has 3 aromatic rings. The second-order valence-corrected chi connectivity index (χ2v) is 10.6. The predicted molar refractivity (Wildman–Crippen MR) is 163 cm³/mol. The van der Waals surface area contributed by atoms with Crippen molar-refractivity contribution >= 4 is 64.0 Å². The van der Waals surface area contributed by atoms with E-state index in [4.69, 9.17) is 32.7 Å². The van der Waals surface area contributed by atoms with Gasteiger partial charge in [0.25, 0.3) is 5.91 Å². The summed E-state index contributed by atoms with van der Waals surface area (Å²) < 4.78 is 16.3. The highest BCUT2D eigenvalue weighted by Crippen LogP contribution is 2.41. The van der Waals surface area contributed by atoms with E-state index in [-0.39, 0.29) is 54.5 Å². The van der Waals surface area contributed by atoms with Crippen molar-refractivity contribution in [2.45, 2.75) is 25.5 Å². The molecule has 43 heavy (non-hydrogen) atoms. The smallest absolute Gasteiger partial charge is 0.305 e. The van der Waals surface area contributed by atoms with Crippen LogP contribution in [0.2, 0.25) is 10.0 Å². The lowest BCUT2D eigenvalue weighted by atomic mass is 10.1. The molecule has 3 amide bonds. The van der Waals surface area contributed by atoms with Crippen molar-refractivity contribution in [3.8, 4) is 11.5 Å². The molecule has 0 aliphatic carbocycles. The number of hydrogen-bond acceptors (Lipinski definition) is 8. The number of nitrogens with one attached hydrogen (secondary N) is 3. The monoisotopic (exact) mass is 628 g/mol. The fourth-order valence-corrected chi connectivity index (χ4v) is 4.67. The number of amides is 3. The van der Waals surface area contributed by atoms with Crippen LogP contribution in [0.25, 0.3) is 0 Å². The van der Waals surface area contributed by atoms with Gasteiger partial charge in [0.1, 0.15) is 23.4 Å². The van der Waals surface area contributed by atoms with Crippen LogP contribution >= 0.6 is 23.2 Å². The molecule has 1 aliphatic rings. The van der Waals surface area contributed by atoms with Crippen LogP contribution in [0.3, 0.4) is 0 Å². The number of ether oxygens (including phenoxy) is 3. The molecule has 0 radical (unpaired) electrons. The van der Waals surface area contributed by atoms with Gasteiger partial charge < -0.3 is 35.1 Å². The normalized spacial score (nSPS) is 14.1. The fourth-order valence-electron chi connectivity index (χ4n) is 4.21. The third-order valence-electron chi connectivity index (χ3n) is 6.44. The summed E-state index contributed by atoms with van der Waals surface area (Å²) in [5.41, 5.74) is 1.90. The fraction of sp³-hybridized carbons (Fsp3) is 0.267. The molecule has 0 aromatic heterocycles. The third-order valence-corrected chi connectivity index (χ3v) is 7.07. The number of halogens is 2. The molecule has 3 N–H and O–H groups in total. The van der Waals surface area contributed by atoms with Crippen molar-refractivity contribution in [1.29, 1.82) is 0 Å². The van der Waals surface area contributed by atoms with Crippen molar-refractivity contribution in [2.75, 3.05) is 43.3 Å². The Morgan fingerprint density at radius 2 is 1.77 bits per heavy atom. The minimum absolute atomic E-state index is 0.0308. The number of esters is 1. The number of nitrogens with zero attached hydrogens (tertiary/aromatic N) is 1. The quantitative estimate of drug-likeness (QED) is 0.252. The summed E-state index contributed by atoms with van der Waals surface area (Å²) >= 11 is 12.5. The molecule has 226 valence electrons. The van der Waals surface area contributed by atoms with Gasteiger partial charge in [-0.2, -0.15) is 0 Å². The van der Waals surface area contributed by atoms with Gasteiger partial charge in [-0.25, -0.2) is 0 Å². The Balaban J connectivity index is 1.61. The Hall–Kier alpha value is -4.32. The highest BCUT2D eigenvalue weighted by atomic mass is 35.5. The minimum atomic E-state index is -0.992. The Labute approximate surface area is 258 Å². The maximum atomic E-state index is 13.2. The first kappa shape index (κ1) is 31.6. The van der Waals surface area contributed by atoms with Gasteiger partial charge in [-0.1, -0.05) is 41.4 Å². The van der Waals surface area contributed by atoms with Crippen molar-refractivity contribution in [3.63, 3.8) is 0 Å². The van der Waals surface area contributed by atoms with Crippen molar-refractivity contribution in [2.24, 2.45) is 0 Å². The standard InChI is InChI=1S/C30H30Cl2N4O7/c1-36(2)23-5-4-6-24(28(23)32)43-25-13-19-21(35-30(40)20(34-29(19)39)11-12-27(38)41-3)14-22(25)33-26(37)16-42-15-17-7-9-18(31)10-8-17/h4-10,13-14,20H,11-12,15-16H2,1-3H3,(H,33,37)(H,34,39)(H,35,40)/t20-/m1/s1. The Kier molecular flexibility index (Phi) is 10.5.